The van der Waals surface area contributed by atoms with Crippen molar-refractivity contribution in [3.63, 3.8) is 0 Å². The Labute approximate surface area is 113 Å². The van der Waals surface area contributed by atoms with Gasteiger partial charge in [-0.2, -0.15) is 0 Å². The van der Waals surface area contributed by atoms with Crippen LogP contribution in [0.4, 0.5) is 0 Å². The van der Waals surface area contributed by atoms with Crippen LogP contribution in [-0.2, 0) is 0 Å². The monoisotopic (exact) mass is 264 g/mol. The average Bonchev–Trinajstić information content (AvgIpc) is 2.39. The lowest BCUT2D eigenvalue weighted by Crippen LogP contribution is -2.10. The highest BCUT2D eigenvalue weighted by Crippen LogP contribution is 2.27. The van der Waals surface area contributed by atoms with E-state index in [2.05, 4.69) is 0 Å². The summed E-state index contributed by atoms with van der Waals surface area (Å²) >= 11 is 0. The SMILES string of the molecule is O=C(O)c1ccc(OCCC2CCCCC2)cc1O. The van der Waals surface area contributed by atoms with E-state index in [0.717, 1.165) is 12.3 Å². The summed E-state index contributed by atoms with van der Waals surface area (Å²) in [5.41, 5.74) is -0.0976. The van der Waals surface area contributed by atoms with Crippen LogP contribution in [0.15, 0.2) is 18.2 Å². The van der Waals surface area contributed by atoms with Gasteiger partial charge < -0.3 is 14.9 Å². The molecule has 0 saturated heterocycles. The summed E-state index contributed by atoms with van der Waals surface area (Å²) in [7, 11) is 0. The zero-order valence-corrected chi connectivity index (χ0v) is 11.0. The Hall–Kier alpha value is -1.71. The molecule has 1 aromatic carbocycles. The van der Waals surface area contributed by atoms with E-state index in [4.69, 9.17) is 9.84 Å². The van der Waals surface area contributed by atoms with Gasteiger partial charge in [0, 0.05) is 6.07 Å². The fourth-order valence-corrected chi connectivity index (χ4v) is 2.60. The molecule has 0 bridgehead atoms. The molecule has 0 atom stereocenters. The number of carboxylic acid groups (broad SMARTS) is 1. The standard InChI is InChI=1S/C15H20O4/c16-14-10-12(6-7-13(14)15(17)18)19-9-8-11-4-2-1-3-5-11/h6-7,10-11,16H,1-5,8-9H2,(H,17,18). The van der Waals surface area contributed by atoms with Gasteiger partial charge in [0.15, 0.2) is 0 Å². The van der Waals surface area contributed by atoms with E-state index >= 15 is 0 Å². The van der Waals surface area contributed by atoms with Crippen molar-refractivity contribution in [1.82, 2.24) is 0 Å². The summed E-state index contributed by atoms with van der Waals surface area (Å²) in [6.45, 7) is 0.622. The lowest BCUT2D eigenvalue weighted by molar-refractivity contribution is 0.0693. The minimum Gasteiger partial charge on any atom is -0.507 e. The first kappa shape index (κ1) is 13.7. The van der Waals surface area contributed by atoms with Gasteiger partial charge in [0.25, 0.3) is 0 Å². The molecule has 0 spiro atoms. The van der Waals surface area contributed by atoms with E-state index in [1.54, 1.807) is 6.07 Å². The van der Waals surface area contributed by atoms with Crippen LogP contribution in [0.2, 0.25) is 0 Å². The fraction of sp³-hybridized carbons (Fsp3) is 0.533. The maximum absolute atomic E-state index is 10.8. The van der Waals surface area contributed by atoms with Crippen LogP contribution in [-0.4, -0.2) is 22.8 Å². The van der Waals surface area contributed by atoms with Gasteiger partial charge in [0.1, 0.15) is 17.1 Å². The van der Waals surface area contributed by atoms with Crippen molar-refractivity contribution in [2.24, 2.45) is 5.92 Å². The number of hydrogen-bond acceptors (Lipinski definition) is 3. The Morgan fingerprint density at radius 3 is 2.63 bits per heavy atom. The molecule has 1 aliphatic rings. The van der Waals surface area contributed by atoms with E-state index in [1.807, 2.05) is 0 Å². The molecule has 104 valence electrons. The number of ether oxygens (including phenoxy) is 1. The summed E-state index contributed by atoms with van der Waals surface area (Å²) < 4.78 is 5.57. The zero-order valence-electron chi connectivity index (χ0n) is 11.0. The smallest absolute Gasteiger partial charge is 0.339 e. The Morgan fingerprint density at radius 2 is 2.00 bits per heavy atom. The molecule has 2 rings (SSSR count). The van der Waals surface area contributed by atoms with Gasteiger partial charge in [0.05, 0.1) is 6.61 Å². The van der Waals surface area contributed by atoms with E-state index in [1.165, 1.54) is 44.2 Å². The predicted octanol–water partition coefficient (Wildman–Crippen LogP) is 3.44. The summed E-state index contributed by atoms with van der Waals surface area (Å²) in [5.74, 6) is -0.104. The van der Waals surface area contributed by atoms with Gasteiger partial charge in [-0.3, -0.25) is 0 Å². The van der Waals surface area contributed by atoms with Crippen molar-refractivity contribution in [2.45, 2.75) is 38.5 Å². The second kappa shape index (κ2) is 6.45. The molecule has 0 heterocycles. The molecule has 4 heteroatoms. The van der Waals surface area contributed by atoms with Crippen LogP contribution in [0.1, 0.15) is 48.9 Å². The van der Waals surface area contributed by atoms with Crippen molar-refractivity contribution in [1.29, 1.82) is 0 Å². The first-order chi connectivity index (χ1) is 9.16. The van der Waals surface area contributed by atoms with Crippen molar-refractivity contribution in [3.8, 4) is 11.5 Å². The predicted molar refractivity (Wildman–Crippen MR) is 71.8 cm³/mol. The number of carbonyl (C=O) groups is 1. The van der Waals surface area contributed by atoms with Crippen LogP contribution in [0, 0.1) is 5.92 Å². The topological polar surface area (TPSA) is 66.8 Å². The molecule has 19 heavy (non-hydrogen) atoms. The summed E-state index contributed by atoms with van der Waals surface area (Å²) in [6, 6.07) is 4.32. The van der Waals surface area contributed by atoms with Crippen molar-refractivity contribution < 1.29 is 19.7 Å². The highest BCUT2D eigenvalue weighted by Gasteiger charge is 2.14. The number of rotatable bonds is 5. The largest absolute Gasteiger partial charge is 0.507 e. The Morgan fingerprint density at radius 1 is 1.26 bits per heavy atom. The average molecular weight is 264 g/mol. The minimum absolute atomic E-state index is 0.0976. The van der Waals surface area contributed by atoms with Gasteiger partial charge in [-0.25, -0.2) is 4.79 Å². The molecule has 2 N–H and O–H groups in total. The summed E-state index contributed by atoms with van der Waals surface area (Å²) in [4.78, 5) is 10.8. The first-order valence-electron chi connectivity index (χ1n) is 6.86. The second-order valence-electron chi connectivity index (χ2n) is 5.13. The molecular formula is C15H20O4. The fourth-order valence-electron chi connectivity index (χ4n) is 2.60. The normalized spacial score (nSPS) is 16.2. The van der Waals surface area contributed by atoms with E-state index in [-0.39, 0.29) is 11.3 Å². The zero-order chi connectivity index (χ0) is 13.7. The number of phenols is 1. The molecule has 1 aliphatic carbocycles. The Balaban J connectivity index is 1.82. The lowest BCUT2D eigenvalue weighted by atomic mass is 9.87. The van der Waals surface area contributed by atoms with Gasteiger partial charge in [-0.05, 0) is 24.5 Å². The van der Waals surface area contributed by atoms with Gasteiger partial charge in [-0.15, -0.1) is 0 Å². The molecular weight excluding hydrogens is 244 g/mol. The third-order valence-electron chi connectivity index (χ3n) is 3.72. The maximum atomic E-state index is 10.8. The summed E-state index contributed by atoms with van der Waals surface area (Å²) in [6.07, 6.45) is 7.58. The molecule has 1 aromatic rings. The molecule has 4 nitrogen and oxygen atoms in total. The number of benzene rings is 1. The summed E-state index contributed by atoms with van der Waals surface area (Å²) in [5, 5.41) is 18.4. The molecule has 0 amide bonds. The van der Waals surface area contributed by atoms with E-state index in [0.29, 0.717) is 12.4 Å². The van der Waals surface area contributed by atoms with Crippen LogP contribution < -0.4 is 4.74 Å². The molecule has 1 fully saturated rings. The highest BCUT2D eigenvalue weighted by molar-refractivity contribution is 5.90. The Bertz CT molecular complexity index is 436. The quantitative estimate of drug-likeness (QED) is 0.855. The van der Waals surface area contributed by atoms with Crippen molar-refractivity contribution in [3.05, 3.63) is 23.8 Å². The third kappa shape index (κ3) is 3.88. The van der Waals surface area contributed by atoms with E-state index < -0.39 is 5.97 Å². The van der Waals surface area contributed by atoms with Crippen LogP contribution >= 0.6 is 0 Å². The van der Waals surface area contributed by atoms with Crippen LogP contribution in [0.25, 0.3) is 0 Å². The second-order valence-corrected chi connectivity index (χ2v) is 5.13. The molecule has 0 aliphatic heterocycles. The van der Waals surface area contributed by atoms with Crippen LogP contribution in [0.5, 0.6) is 11.5 Å². The van der Waals surface area contributed by atoms with Crippen molar-refractivity contribution in [2.75, 3.05) is 6.61 Å². The van der Waals surface area contributed by atoms with Gasteiger partial charge in [-0.1, -0.05) is 32.1 Å². The highest BCUT2D eigenvalue weighted by atomic mass is 16.5. The Kier molecular flexibility index (Phi) is 4.66. The van der Waals surface area contributed by atoms with Crippen LogP contribution in [0.3, 0.4) is 0 Å². The molecule has 0 aromatic heterocycles. The van der Waals surface area contributed by atoms with Gasteiger partial charge in [0.2, 0.25) is 0 Å². The molecule has 0 unspecified atom stereocenters. The maximum Gasteiger partial charge on any atom is 0.339 e. The van der Waals surface area contributed by atoms with Gasteiger partial charge >= 0.3 is 5.97 Å². The molecule has 1 saturated carbocycles. The first-order valence-corrected chi connectivity index (χ1v) is 6.86. The lowest BCUT2D eigenvalue weighted by Gasteiger charge is -2.21. The third-order valence-corrected chi connectivity index (χ3v) is 3.72. The number of aromatic carboxylic acids is 1. The number of aromatic hydroxyl groups is 1. The number of hydrogen-bond donors (Lipinski definition) is 2. The molecule has 0 radical (unpaired) electrons. The van der Waals surface area contributed by atoms with E-state index in [9.17, 15) is 9.90 Å². The number of carboxylic acids is 1. The van der Waals surface area contributed by atoms with Crippen molar-refractivity contribution >= 4 is 5.97 Å². The minimum atomic E-state index is -1.13.